The van der Waals surface area contributed by atoms with Crippen LogP contribution in [0.2, 0.25) is 0 Å². The van der Waals surface area contributed by atoms with Gasteiger partial charge in [0, 0.05) is 29.5 Å². The molecular weight excluding hydrogens is 619 g/mol. The number of rotatable bonds is 8. The molecule has 2 aromatic heterocycles. The fourth-order valence-corrected chi connectivity index (χ4v) is 7.56. The Morgan fingerprint density at radius 1 is 0.587 bits per heavy atom. The SMILES string of the molecule is Cc1cc(-c2ccc3c(c2)CC(NS(=O)(=O)C(C)C)C3)ccn1.Cc1ccc(-c2ccc3c(c2)CC(NS(=O)(=O)C(C)C)C3)nn1. The summed E-state index contributed by atoms with van der Waals surface area (Å²) in [4.78, 5) is 4.23. The van der Waals surface area contributed by atoms with Gasteiger partial charge in [-0.25, -0.2) is 26.3 Å². The molecule has 0 saturated heterocycles. The molecule has 0 spiro atoms. The van der Waals surface area contributed by atoms with E-state index in [-0.39, 0.29) is 12.1 Å². The van der Waals surface area contributed by atoms with Crippen LogP contribution in [0.15, 0.2) is 66.9 Å². The molecule has 6 rings (SSSR count). The summed E-state index contributed by atoms with van der Waals surface area (Å²) in [7, 11) is -6.46. The lowest BCUT2D eigenvalue weighted by Gasteiger charge is -2.14. The Balaban J connectivity index is 0.000000181. The van der Waals surface area contributed by atoms with Gasteiger partial charge in [0.25, 0.3) is 0 Å². The predicted molar refractivity (Wildman–Crippen MR) is 183 cm³/mol. The summed E-state index contributed by atoms with van der Waals surface area (Å²) < 4.78 is 53.8. The standard InChI is InChI=1S/C18H22N2O2S.C17H21N3O2S/c1-12(2)23(21,22)20-18-10-15-5-4-14(9-17(15)11-18)16-6-7-19-13(3)8-16;1-11(2)23(21,22)20-16-9-13-5-6-14(8-15(13)10-16)17-7-4-12(3)18-19-17/h4-9,12,18,20H,10-11H2,1-3H3;4-8,11,16,20H,9-10H2,1-3H3. The van der Waals surface area contributed by atoms with E-state index in [1.165, 1.54) is 22.3 Å². The highest BCUT2D eigenvalue weighted by Crippen LogP contribution is 2.30. The van der Waals surface area contributed by atoms with Crippen molar-refractivity contribution in [3.63, 3.8) is 0 Å². The third-order valence-electron chi connectivity index (χ3n) is 8.50. The quantitative estimate of drug-likeness (QED) is 0.269. The maximum Gasteiger partial charge on any atom is 0.214 e. The summed E-state index contributed by atoms with van der Waals surface area (Å²) in [5.74, 6) is 0. The number of pyridine rings is 1. The normalized spacial score (nSPS) is 17.5. The van der Waals surface area contributed by atoms with Gasteiger partial charge in [-0.1, -0.05) is 30.3 Å². The van der Waals surface area contributed by atoms with E-state index in [1.54, 1.807) is 27.7 Å². The molecule has 0 fully saturated rings. The van der Waals surface area contributed by atoms with E-state index in [9.17, 15) is 16.8 Å². The average Bonchev–Trinajstić information content (AvgIpc) is 3.58. The molecule has 244 valence electrons. The number of hydrogen-bond acceptors (Lipinski definition) is 7. The van der Waals surface area contributed by atoms with Gasteiger partial charge in [0.2, 0.25) is 20.0 Å². The van der Waals surface area contributed by atoms with E-state index in [0.717, 1.165) is 53.0 Å². The fraction of sp³-hybridized carbons (Fsp3) is 0.400. The van der Waals surface area contributed by atoms with Crippen LogP contribution >= 0.6 is 0 Å². The lowest BCUT2D eigenvalue weighted by molar-refractivity contribution is 0.546. The van der Waals surface area contributed by atoms with Gasteiger partial charge in [-0.3, -0.25) is 4.98 Å². The van der Waals surface area contributed by atoms with Crippen molar-refractivity contribution in [3.05, 3.63) is 101 Å². The molecule has 2 unspecified atom stereocenters. The summed E-state index contributed by atoms with van der Waals surface area (Å²) in [5.41, 5.74) is 10.9. The molecule has 2 aliphatic rings. The number of nitrogens with zero attached hydrogens (tertiary/aromatic N) is 3. The van der Waals surface area contributed by atoms with Crippen LogP contribution < -0.4 is 9.44 Å². The Hall–Kier alpha value is -3.51. The van der Waals surface area contributed by atoms with Crippen molar-refractivity contribution in [1.82, 2.24) is 24.6 Å². The lowest BCUT2D eigenvalue weighted by atomic mass is 10.0. The summed E-state index contributed by atoms with van der Waals surface area (Å²) in [5, 5.41) is 7.49. The Morgan fingerprint density at radius 3 is 1.59 bits per heavy atom. The van der Waals surface area contributed by atoms with E-state index in [1.807, 2.05) is 44.3 Å². The number of nitrogens with one attached hydrogen (secondary N) is 2. The maximum atomic E-state index is 12.0. The van der Waals surface area contributed by atoms with E-state index in [4.69, 9.17) is 0 Å². The third kappa shape index (κ3) is 8.06. The summed E-state index contributed by atoms with van der Waals surface area (Å²) in [6.07, 6.45) is 4.78. The number of aromatic nitrogens is 3. The fourth-order valence-electron chi connectivity index (χ4n) is 5.76. The minimum Gasteiger partial charge on any atom is -0.262 e. The van der Waals surface area contributed by atoms with E-state index >= 15 is 0 Å². The van der Waals surface area contributed by atoms with Crippen molar-refractivity contribution in [2.45, 2.75) is 89.8 Å². The molecule has 4 aromatic rings. The van der Waals surface area contributed by atoms with Crippen molar-refractivity contribution in [2.75, 3.05) is 0 Å². The molecule has 0 bridgehead atoms. The van der Waals surface area contributed by atoms with Gasteiger partial charge in [0.05, 0.1) is 21.9 Å². The minimum absolute atomic E-state index is 0.0353. The zero-order valence-electron chi connectivity index (χ0n) is 27.3. The largest absolute Gasteiger partial charge is 0.262 e. The monoisotopic (exact) mass is 661 g/mol. The van der Waals surface area contributed by atoms with Crippen LogP contribution in [0.4, 0.5) is 0 Å². The smallest absolute Gasteiger partial charge is 0.214 e. The first-order valence-corrected chi connectivity index (χ1v) is 18.8. The molecule has 0 amide bonds. The number of sulfonamides is 2. The van der Waals surface area contributed by atoms with Gasteiger partial charge in [0.1, 0.15) is 0 Å². The zero-order chi connectivity index (χ0) is 33.2. The number of hydrogen-bond donors (Lipinski definition) is 2. The van der Waals surface area contributed by atoms with Crippen molar-refractivity contribution >= 4 is 20.0 Å². The first-order chi connectivity index (χ1) is 21.7. The molecule has 2 atom stereocenters. The molecule has 0 saturated carbocycles. The highest BCUT2D eigenvalue weighted by atomic mass is 32.2. The van der Waals surface area contributed by atoms with Gasteiger partial charge in [-0.15, -0.1) is 0 Å². The number of aryl methyl sites for hydroxylation is 2. The Bertz CT molecular complexity index is 1930. The van der Waals surface area contributed by atoms with E-state index in [2.05, 4.69) is 61.0 Å². The average molecular weight is 662 g/mol. The minimum atomic E-state index is -3.24. The van der Waals surface area contributed by atoms with Crippen molar-refractivity contribution in [1.29, 1.82) is 0 Å². The van der Waals surface area contributed by atoms with E-state index < -0.39 is 30.5 Å². The molecule has 2 aromatic carbocycles. The predicted octanol–water partition coefficient (Wildman–Crippen LogP) is 5.10. The van der Waals surface area contributed by atoms with Gasteiger partial charge in [0.15, 0.2) is 0 Å². The Kier molecular flexibility index (Phi) is 10.1. The number of benzene rings is 2. The Labute approximate surface area is 273 Å². The van der Waals surface area contributed by atoms with Crippen molar-refractivity contribution < 1.29 is 16.8 Å². The van der Waals surface area contributed by atoms with Crippen LogP contribution in [0, 0.1) is 13.8 Å². The van der Waals surface area contributed by atoms with Crippen LogP contribution in [0.5, 0.6) is 0 Å². The summed E-state index contributed by atoms with van der Waals surface area (Å²) in [6, 6.07) is 20.4. The van der Waals surface area contributed by atoms with Crippen LogP contribution in [0.1, 0.15) is 61.3 Å². The molecular formula is C35H43N5O4S2. The first-order valence-electron chi connectivity index (χ1n) is 15.7. The zero-order valence-corrected chi connectivity index (χ0v) is 28.9. The van der Waals surface area contributed by atoms with Crippen molar-refractivity contribution in [3.8, 4) is 22.4 Å². The molecule has 2 heterocycles. The molecule has 2 aliphatic carbocycles. The van der Waals surface area contributed by atoms with Gasteiger partial charge in [-0.2, -0.15) is 10.2 Å². The number of fused-ring (bicyclic) bond motifs is 2. The molecule has 0 radical (unpaired) electrons. The lowest BCUT2D eigenvalue weighted by Crippen LogP contribution is -2.39. The summed E-state index contributed by atoms with van der Waals surface area (Å²) in [6.45, 7) is 10.7. The highest BCUT2D eigenvalue weighted by Gasteiger charge is 2.28. The van der Waals surface area contributed by atoms with Gasteiger partial charge in [-0.05, 0) is 131 Å². The van der Waals surface area contributed by atoms with Crippen LogP contribution in [0.25, 0.3) is 22.4 Å². The van der Waals surface area contributed by atoms with Crippen LogP contribution in [-0.2, 0) is 45.7 Å². The molecule has 11 heteroatoms. The van der Waals surface area contributed by atoms with E-state index in [0.29, 0.717) is 6.42 Å². The maximum absolute atomic E-state index is 12.0. The highest BCUT2D eigenvalue weighted by molar-refractivity contribution is 7.90. The van der Waals surface area contributed by atoms with Gasteiger partial charge >= 0.3 is 0 Å². The van der Waals surface area contributed by atoms with Crippen LogP contribution in [-0.4, -0.2) is 54.6 Å². The van der Waals surface area contributed by atoms with Gasteiger partial charge < -0.3 is 0 Å². The molecule has 2 N–H and O–H groups in total. The summed E-state index contributed by atoms with van der Waals surface area (Å²) >= 11 is 0. The second kappa shape index (κ2) is 13.7. The topological polar surface area (TPSA) is 131 Å². The second-order valence-corrected chi connectivity index (χ2v) is 17.4. The second-order valence-electron chi connectivity index (χ2n) is 12.8. The molecule has 9 nitrogen and oxygen atoms in total. The Morgan fingerprint density at radius 2 is 1.09 bits per heavy atom. The first kappa shape index (κ1) is 33.8. The van der Waals surface area contributed by atoms with Crippen LogP contribution in [0.3, 0.4) is 0 Å². The van der Waals surface area contributed by atoms with Crippen molar-refractivity contribution in [2.24, 2.45) is 0 Å². The third-order valence-corrected chi connectivity index (χ3v) is 12.3. The molecule has 0 aliphatic heterocycles. The molecule has 46 heavy (non-hydrogen) atoms.